The molecule has 156 valence electrons. The van der Waals surface area contributed by atoms with Crippen LogP contribution in [0.1, 0.15) is 37.7 Å². The second-order valence-electron chi connectivity index (χ2n) is 7.94. The Morgan fingerprint density at radius 2 is 2.00 bits per heavy atom. The molecule has 6 nitrogen and oxygen atoms in total. The van der Waals surface area contributed by atoms with Gasteiger partial charge in [-0.3, -0.25) is 9.79 Å². The van der Waals surface area contributed by atoms with E-state index in [0.717, 1.165) is 22.8 Å². The zero-order valence-corrected chi connectivity index (χ0v) is 18.0. The highest BCUT2D eigenvalue weighted by molar-refractivity contribution is 8.15. The molecule has 2 atom stereocenters. The molecule has 1 amide bonds. The van der Waals surface area contributed by atoms with Gasteiger partial charge in [-0.15, -0.1) is 0 Å². The number of benzene rings is 1. The first-order valence-electron chi connectivity index (χ1n) is 10.2. The number of amidine groups is 1. The molecule has 0 aromatic heterocycles. The summed E-state index contributed by atoms with van der Waals surface area (Å²) in [7, 11) is -2.93. The highest BCUT2D eigenvalue weighted by Gasteiger charge is 2.42. The first-order chi connectivity index (χ1) is 14.0. The molecule has 2 heterocycles. The summed E-state index contributed by atoms with van der Waals surface area (Å²) in [6, 6.07) is 7.63. The van der Waals surface area contributed by atoms with Crippen molar-refractivity contribution in [3.05, 3.63) is 41.5 Å². The van der Waals surface area contributed by atoms with E-state index in [1.165, 1.54) is 43.0 Å². The number of sulfone groups is 1. The van der Waals surface area contributed by atoms with Gasteiger partial charge in [0.05, 0.1) is 24.0 Å². The van der Waals surface area contributed by atoms with E-state index in [9.17, 15) is 13.2 Å². The van der Waals surface area contributed by atoms with Gasteiger partial charge < -0.3 is 10.6 Å². The summed E-state index contributed by atoms with van der Waals surface area (Å²) in [4.78, 5) is 16.7. The van der Waals surface area contributed by atoms with Crippen LogP contribution in [-0.2, 0) is 21.1 Å². The number of carbonyl (C=O) groups is 1. The van der Waals surface area contributed by atoms with E-state index in [4.69, 9.17) is 0 Å². The van der Waals surface area contributed by atoms with Crippen LogP contribution in [0.4, 0.5) is 5.69 Å². The minimum atomic E-state index is -2.93. The molecule has 4 rings (SSSR count). The minimum Gasteiger partial charge on any atom is -0.355 e. The maximum Gasteiger partial charge on any atom is 0.224 e. The molecule has 0 spiro atoms. The zero-order chi connectivity index (χ0) is 20.3. The number of nitrogens with zero attached hydrogens (tertiary/aromatic N) is 1. The van der Waals surface area contributed by atoms with Crippen molar-refractivity contribution in [3.8, 4) is 0 Å². The molecule has 2 N–H and O–H groups in total. The van der Waals surface area contributed by atoms with Crippen molar-refractivity contribution in [3.63, 3.8) is 0 Å². The van der Waals surface area contributed by atoms with E-state index in [0.29, 0.717) is 13.0 Å². The Hall–Kier alpha value is -1.80. The number of carbonyl (C=O) groups excluding carboxylic acids is 1. The number of anilines is 1. The lowest BCUT2D eigenvalue weighted by atomic mass is 9.97. The molecule has 1 saturated heterocycles. The van der Waals surface area contributed by atoms with E-state index in [1.54, 1.807) is 0 Å². The summed E-state index contributed by atoms with van der Waals surface area (Å²) in [5.41, 5.74) is 3.34. The fourth-order valence-electron chi connectivity index (χ4n) is 3.99. The number of aliphatic imine (C=N–C) groups is 1. The molecule has 1 aliphatic carbocycles. The molecule has 1 fully saturated rings. The molecule has 0 bridgehead atoms. The van der Waals surface area contributed by atoms with Gasteiger partial charge in [-0.25, -0.2) is 8.42 Å². The largest absolute Gasteiger partial charge is 0.355 e. The van der Waals surface area contributed by atoms with Crippen LogP contribution in [0, 0.1) is 0 Å². The Labute approximate surface area is 176 Å². The van der Waals surface area contributed by atoms with Crippen molar-refractivity contribution in [1.29, 1.82) is 0 Å². The van der Waals surface area contributed by atoms with E-state index in [1.807, 2.05) is 24.3 Å². The third-order valence-electron chi connectivity index (χ3n) is 5.54. The quantitative estimate of drug-likeness (QED) is 0.674. The van der Waals surface area contributed by atoms with Gasteiger partial charge >= 0.3 is 0 Å². The van der Waals surface area contributed by atoms with Crippen LogP contribution in [0.2, 0.25) is 0 Å². The number of nitrogens with one attached hydrogen (secondary N) is 2. The topological polar surface area (TPSA) is 87.6 Å². The molecule has 8 heteroatoms. The highest BCUT2D eigenvalue weighted by Crippen LogP contribution is 2.34. The van der Waals surface area contributed by atoms with Crippen LogP contribution >= 0.6 is 11.8 Å². The van der Waals surface area contributed by atoms with E-state index < -0.39 is 9.84 Å². The molecule has 2 aliphatic heterocycles. The summed E-state index contributed by atoms with van der Waals surface area (Å²) < 4.78 is 23.3. The zero-order valence-electron chi connectivity index (χ0n) is 16.4. The first-order valence-corrected chi connectivity index (χ1v) is 12.9. The third kappa shape index (κ3) is 5.63. The average Bonchev–Trinajstić information content (AvgIpc) is 3.16. The number of amides is 1. The van der Waals surface area contributed by atoms with Crippen LogP contribution in [0.3, 0.4) is 0 Å². The van der Waals surface area contributed by atoms with Gasteiger partial charge in [0, 0.05) is 17.5 Å². The number of allylic oxidation sites excluding steroid dienone is 1. The van der Waals surface area contributed by atoms with Gasteiger partial charge in [-0.05, 0) is 49.8 Å². The van der Waals surface area contributed by atoms with E-state index in [2.05, 4.69) is 21.7 Å². The monoisotopic (exact) mass is 433 g/mol. The third-order valence-corrected chi connectivity index (χ3v) is 8.68. The maximum atomic E-state index is 12.2. The Kier molecular flexibility index (Phi) is 6.29. The molecule has 1 aromatic rings. The Morgan fingerprint density at radius 3 is 2.72 bits per heavy atom. The van der Waals surface area contributed by atoms with Gasteiger partial charge in [0.25, 0.3) is 0 Å². The van der Waals surface area contributed by atoms with Crippen LogP contribution in [0.5, 0.6) is 0 Å². The number of thioether (sulfide) groups is 1. The van der Waals surface area contributed by atoms with E-state index in [-0.39, 0.29) is 28.7 Å². The second-order valence-corrected chi connectivity index (χ2v) is 11.3. The Balaban J connectivity index is 1.22. The van der Waals surface area contributed by atoms with Crippen LogP contribution in [0.25, 0.3) is 0 Å². The van der Waals surface area contributed by atoms with Crippen LogP contribution < -0.4 is 10.6 Å². The van der Waals surface area contributed by atoms with Crippen LogP contribution in [0.15, 0.2) is 40.9 Å². The predicted octanol–water partition coefficient (Wildman–Crippen LogP) is 2.92. The van der Waals surface area contributed by atoms with Gasteiger partial charge in [0.1, 0.15) is 0 Å². The smallest absolute Gasteiger partial charge is 0.224 e. The van der Waals surface area contributed by atoms with Gasteiger partial charge in [-0.2, -0.15) is 0 Å². The fraction of sp³-hybridized carbons (Fsp3) is 0.524. The van der Waals surface area contributed by atoms with Crippen molar-refractivity contribution in [2.45, 2.75) is 49.8 Å². The van der Waals surface area contributed by atoms with Crippen molar-refractivity contribution in [2.24, 2.45) is 4.99 Å². The number of hydrogen-bond donors (Lipinski definition) is 2. The molecule has 1 aromatic carbocycles. The van der Waals surface area contributed by atoms with Crippen molar-refractivity contribution >= 4 is 38.4 Å². The summed E-state index contributed by atoms with van der Waals surface area (Å²) in [6.07, 6.45) is 8.55. The molecule has 0 radical (unpaired) electrons. The predicted molar refractivity (Wildman–Crippen MR) is 119 cm³/mol. The SMILES string of the molecule is O=C(Cc1ccc(NC2=N[C@@H]3CS(=O)(=O)C[C@H]3S2)cc1)NCCC1=CCCCC1. The lowest BCUT2D eigenvalue weighted by Crippen LogP contribution is -2.26. The number of fused-ring (bicyclic) bond motifs is 1. The normalized spacial score (nSPS) is 25.1. The van der Waals surface area contributed by atoms with E-state index >= 15 is 0 Å². The van der Waals surface area contributed by atoms with Crippen molar-refractivity contribution in [2.75, 3.05) is 23.4 Å². The summed E-state index contributed by atoms with van der Waals surface area (Å²) in [5, 5.41) is 7.09. The summed E-state index contributed by atoms with van der Waals surface area (Å²) >= 11 is 1.51. The Morgan fingerprint density at radius 1 is 1.17 bits per heavy atom. The molecule has 3 aliphatic rings. The Bertz CT molecular complexity index is 923. The standard InChI is InChI=1S/C21H27N3O3S2/c25-20(22-11-10-15-4-2-1-3-5-15)12-16-6-8-17(9-7-16)23-21-24-18-13-29(26,27)14-19(18)28-21/h4,6-9,18-19H,1-3,5,10-14H2,(H,22,25)(H,23,24)/t18-,19-/m1/s1. The molecule has 0 saturated carbocycles. The lowest BCUT2D eigenvalue weighted by molar-refractivity contribution is -0.120. The molecular formula is C21H27N3O3S2. The lowest BCUT2D eigenvalue weighted by Gasteiger charge is -2.13. The van der Waals surface area contributed by atoms with Crippen molar-refractivity contribution < 1.29 is 13.2 Å². The van der Waals surface area contributed by atoms with Crippen LogP contribution in [-0.4, -0.2) is 48.8 Å². The number of hydrogen-bond acceptors (Lipinski definition) is 6. The molecule has 0 unspecified atom stereocenters. The summed E-state index contributed by atoms with van der Waals surface area (Å²) in [6.45, 7) is 0.708. The van der Waals surface area contributed by atoms with Gasteiger partial charge in [0.2, 0.25) is 5.91 Å². The van der Waals surface area contributed by atoms with Crippen molar-refractivity contribution in [1.82, 2.24) is 5.32 Å². The van der Waals surface area contributed by atoms with Gasteiger partial charge in [0.15, 0.2) is 15.0 Å². The molecular weight excluding hydrogens is 406 g/mol. The highest BCUT2D eigenvalue weighted by atomic mass is 32.2. The first kappa shape index (κ1) is 20.5. The average molecular weight is 434 g/mol. The molecule has 29 heavy (non-hydrogen) atoms. The fourth-order valence-corrected chi connectivity index (χ4v) is 7.66. The summed E-state index contributed by atoms with van der Waals surface area (Å²) in [5.74, 6) is 0.413. The second kappa shape index (κ2) is 8.92. The number of rotatable bonds is 6. The van der Waals surface area contributed by atoms with Gasteiger partial charge in [-0.1, -0.05) is 35.5 Å². The maximum absolute atomic E-state index is 12.2. The minimum absolute atomic E-state index is 0.0369.